The zero-order chi connectivity index (χ0) is 11.8. The third kappa shape index (κ3) is 1.40. The number of nitrogens with zero attached hydrogens (tertiary/aromatic N) is 3. The van der Waals surface area contributed by atoms with E-state index in [-0.39, 0.29) is 5.56 Å². The molecule has 0 bridgehead atoms. The monoisotopic (exact) mass is 225 g/mol. The smallest absolute Gasteiger partial charge is 0.337 e. The van der Waals surface area contributed by atoms with Gasteiger partial charge in [0, 0.05) is 24.0 Å². The topological polar surface area (TPSA) is 76.0 Å². The van der Waals surface area contributed by atoms with Crippen molar-refractivity contribution in [3.05, 3.63) is 42.4 Å². The van der Waals surface area contributed by atoms with Gasteiger partial charge in [-0.1, -0.05) is 0 Å². The van der Waals surface area contributed by atoms with Gasteiger partial charge in [0.2, 0.25) is 0 Å². The summed E-state index contributed by atoms with van der Waals surface area (Å²) in [6.07, 6.45) is 4.68. The van der Waals surface area contributed by atoms with E-state index in [0.29, 0.717) is 21.9 Å². The number of hydrogen-bond donors (Lipinski definition) is 1. The summed E-state index contributed by atoms with van der Waals surface area (Å²) >= 11 is 0. The third-order valence-electron chi connectivity index (χ3n) is 2.56. The highest BCUT2D eigenvalue weighted by Crippen LogP contribution is 2.24. The van der Waals surface area contributed by atoms with E-state index >= 15 is 0 Å². The molecule has 0 saturated heterocycles. The molecule has 0 atom stereocenters. The summed E-state index contributed by atoms with van der Waals surface area (Å²) in [6, 6.07) is 5.05. The van der Waals surface area contributed by atoms with Gasteiger partial charge in [-0.3, -0.25) is 15.0 Å². The number of pyridine rings is 1. The van der Waals surface area contributed by atoms with Crippen LogP contribution in [-0.2, 0) is 0 Å². The summed E-state index contributed by atoms with van der Waals surface area (Å²) in [4.78, 5) is 23.6. The van der Waals surface area contributed by atoms with Crippen LogP contribution in [0.4, 0.5) is 0 Å². The van der Waals surface area contributed by atoms with Crippen molar-refractivity contribution in [2.75, 3.05) is 0 Å². The number of benzene rings is 1. The normalized spacial score (nSPS) is 10.8. The Morgan fingerprint density at radius 2 is 1.82 bits per heavy atom. The number of rotatable bonds is 1. The standard InChI is InChI=1S/C12H7N3O2/c16-12(17)8-6-9-11(15-5-4-13-9)7-2-1-3-14-10(7)8/h1-6H,(H,16,17). The van der Waals surface area contributed by atoms with Crippen LogP contribution in [-0.4, -0.2) is 26.0 Å². The van der Waals surface area contributed by atoms with E-state index in [1.54, 1.807) is 24.5 Å². The van der Waals surface area contributed by atoms with Gasteiger partial charge >= 0.3 is 5.97 Å². The van der Waals surface area contributed by atoms with Gasteiger partial charge in [0.15, 0.2) is 0 Å². The number of carboxylic acids is 1. The molecule has 0 aliphatic rings. The predicted octanol–water partition coefficient (Wildman–Crippen LogP) is 1.88. The SMILES string of the molecule is O=C(O)c1cc2nccnc2c2cccnc12. The minimum Gasteiger partial charge on any atom is -0.478 e. The minimum absolute atomic E-state index is 0.147. The first-order valence-corrected chi connectivity index (χ1v) is 4.99. The van der Waals surface area contributed by atoms with Crippen LogP contribution in [0.3, 0.4) is 0 Å². The highest BCUT2D eigenvalue weighted by molar-refractivity contribution is 6.11. The van der Waals surface area contributed by atoms with Crippen molar-refractivity contribution < 1.29 is 9.90 Å². The predicted molar refractivity (Wildman–Crippen MR) is 61.8 cm³/mol. The van der Waals surface area contributed by atoms with Crippen molar-refractivity contribution in [1.29, 1.82) is 0 Å². The van der Waals surface area contributed by atoms with Gasteiger partial charge in [0.25, 0.3) is 0 Å². The van der Waals surface area contributed by atoms with E-state index < -0.39 is 5.97 Å². The Morgan fingerprint density at radius 1 is 1.06 bits per heavy atom. The number of hydrogen-bond acceptors (Lipinski definition) is 4. The first-order chi connectivity index (χ1) is 8.27. The third-order valence-corrected chi connectivity index (χ3v) is 2.56. The number of fused-ring (bicyclic) bond motifs is 3. The van der Waals surface area contributed by atoms with E-state index in [2.05, 4.69) is 15.0 Å². The maximum Gasteiger partial charge on any atom is 0.337 e. The molecule has 5 heteroatoms. The van der Waals surface area contributed by atoms with E-state index in [1.165, 1.54) is 12.3 Å². The van der Waals surface area contributed by atoms with E-state index in [0.717, 1.165) is 0 Å². The second-order valence-electron chi connectivity index (χ2n) is 3.55. The van der Waals surface area contributed by atoms with Crippen molar-refractivity contribution in [2.24, 2.45) is 0 Å². The fraction of sp³-hybridized carbons (Fsp3) is 0. The number of aromatic carboxylic acids is 1. The van der Waals surface area contributed by atoms with E-state index in [4.69, 9.17) is 5.11 Å². The van der Waals surface area contributed by atoms with Crippen LogP contribution in [0, 0.1) is 0 Å². The molecule has 82 valence electrons. The maximum absolute atomic E-state index is 11.2. The molecule has 0 amide bonds. The summed E-state index contributed by atoms with van der Waals surface area (Å²) in [7, 11) is 0. The maximum atomic E-state index is 11.2. The lowest BCUT2D eigenvalue weighted by molar-refractivity contribution is 0.0699. The number of carboxylic acid groups (broad SMARTS) is 1. The van der Waals surface area contributed by atoms with E-state index in [9.17, 15) is 4.79 Å². The molecule has 0 spiro atoms. The van der Waals surface area contributed by atoms with Gasteiger partial charge < -0.3 is 5.11 Å². The quantitative estimate of drug-likeness (QED) is 0.640. The first-order valence-electron chi connectivity index (χ1n) is 4.99. The molecular formula is C12H7N3O2. The molecular weight excluding hydrogens is 218 g/mol. The lowest BCUT2D eigenvalue weighted by atomic mass is 10.1. The number of aromatic nitrogens is 3. The Kier molecular flexibility index (Phi) is 1.98. The van der Waals surface area contributed by atoms with Crippen LogP contribution in [0.2, 0.25) is 0 Å². The fourth-order valence-corrected chi connectivity index (χ4v) is 1.84. The molecule has 2 aromatic heterocycles. The molecule has 0 fully saturated rings. The van der Waals surface area contributed by atoms with Crippen LogP contribution in [0.1, 0.15) is 10.4 Å². The van der Waals surface area contributed by atoms with E-state index in [1.807, 2.05) is 0 Å². The lowest BCUT2D eigenvalue weighted by Gasteiger charge is -2.04. The summed E-state index contributed by atoms with van der Waals surface area (Å²) in [5.74, 6) is -1.01. The fourth-order valence-electron chi connectivity index (χ4n) is 1.84. The highest BCUT2D eigenvalue weighted by Gasteiger charge is 2.13. The summed E-state index contributed by atoms with van der Waals surface area (Å²) in [5.41, 5.74) is 1.81. The van der Waals surface area contributed by atoms with Crippen molar-refractivity contribution in [2.45, 2.75) is 0 Å². The van der Waals surface area contributed by atoms with Gasteiger partial charge in [-0.2, -0.15) is 0 Å². The average Bonchev–Trinajstić information content (AvgIpc) is 2.37. The molecule has 0 radical (unpaired) electrons. The molecule has 3 rings (SSSR count). The first kappa shape index (κ1) is 9.65. The van der Waals surface area contributed by atoms with Crippen LogP contribution < -0.4 is 0 Å². The average molecular weight is 225 g/mol. The van der Waals surface area contributed by atoms with Crippen molar-refractivity contribution >= 4 is 27.9 Å². The molecule has 1 aromatic carbocycles. The summed E-state index contributed by atoms with van der Waals surface area (Å²) < 4.78 is 0. The van der Waals surface area contributed by atoms with Crippen molar-refractivity contribution in [3.63, 3.8) is 0 Å². The summed E-state index contributed by atoms with van der Waals surface area (Å²) in [6.45, 7) is 0. The van der Waals surface area contributed by atoms with Gasteiger partial charge in [-0.25, -0.2) is 4.79 Å². The molecule has 0 unspecified atom stereocenters. The van der Waals surface area contributed by atoms with Crippen LogP contribution in [0.15, 0.2) is 36.8 Å². The minimum atomic E-state index is -1.01. The Labute approximate surface area is 95.8 Å². The summed E-state index contributed by atoms with van der Waals surface area (Å²) in [5, 5.41) is 9.86. The zero-order valence-electron chi connectivity index (χ0n) is 8.66. The number of carbonyl (C=O) groups is 1. The molecule has 0 saturated carbocycles. The molecule has 0 aliphatic carbocycles. The lowest BCUT2D eigenvalue weighted by Crippen LogP contribution is -2.00. The van der Waals surface area contributed by atoms with Crippen molar-refractivity contribution in [3.8, 4) is 0 Å². The van der Waals surface area contributed by atoms with Gasteiger partial charge in [0.1, 0.15) is 0 Å². The van der Waals surface area contributed by atoms with Gasteiger partial charge in [0.05, 0.1) is 22.1 Å². The van der Waals surface area contributed by atoms with Crippen LogP contribution in [0.25, 0.3) is 21.9 Å². The Morgan fingerprint density at radius 3 is 2.65 bits per heavy atom. The zero-order valence-corrected chi connectivity index (χ0v) is 8.66. The second-order valence-corrected chi connectivity index (χ2v) is 3.55. The molecule has 1 N–H and O–H groups in total. The Bertz CT molecular complexity index is 740. The molecule has 0 aliphatic heterocycles. The van der Waals surface area contributed by atoms with Crippen LogP contribution in [0.5, 0.6) is 0 Å². The van der Waals surface area contributed by atoms with Gasteiger partial charge in [-0.05, 0) is 18.2 Å². The van der Waals surface area contributed by atoms with Gasteiger partial charge in [-0.15, -0.1) is 0 Å². The van der Waals surface area contributed by atoms with Crippen LogP contribution >= 0.6 is 0 Å². The Balaban J connectivity index is 2.59. The molecule has 3 aromatic rings. The molecule has 2 heterocycles. The highest BCUT2D eigenvalue weighted by atomic mass is 16.4. The second kappa shape index (κ2) is 3.48. The van der Waals surface area contributed by atoms with Crippen molar-refractivity contribution in [1.82, 2.24) is 15.0 Å². The molecule has 5 nitrogen and oxygen atoms in total. The largest absolute Gasteiger partial charge is 0.478 e. The molecule has 17 heavy (non-hydrogen) atoms. The Hall–Kier alpha value is -2.56.